The molecule has 17 heavy (non-hydrogen) atoms. The number of aromatic nitrogens is 3. The molecule has 5 heteroatoms. The van der Waals surface area contributed by atoms with Crippen LogP contribution in [0.5, 0.6) is 0 Å². The third-order valence-electron chi connectivity index (χ3n) is 3.31. The van der Waals surface area contributed by atoms with Crippen LogP contribution in [0.15, 0.2) is 22.8 Å². The van der Waals surface area contributed by atoms with Crippen LogP contribution in [0.25, 0.3) is 0 Å². The van der Waals surface area contributed by atoms with Crippen molar-refractivity contribution < 1.29 is 9.52 Å². The van der Waals surface area contributed by atoms with Gasteiger partial charge in [0.25, 0.3) is 0 Å². The van der Waals surface area contributed by atoms with E-state index >= 15 is 0 Å². The second-order valence-electron chi connectivity index (χ2n) is 4.48. The standard InChI is InChI=1S/C12H15N3O2/c16-8-9-3-4-15-11(6-9)13-14-12(15)7-10-2-1-5-17-10/h1-2,5,9,16H,3-4,6-8H2. The Morgan fingerprint density at radius 2 is 2.41 bits per heavy atom. The van der Waals surface area contributed by atoms with Gasteiger partial charge in [0, 0.05) is 19.6 Å². The molecule has 0 bridgehead atoms. The summed E-state index contributed by atoms with van der Waals surface area (Å²) in [5.41, 5.74) is 0. The van der Waals surface area contributed by atoms with E-state index in [-0.39, 0.29) is 6.61 Å². The molecule has 0 radical (unpaired) electrons. The second-order valence-corrected chi connectivity index (χ2v) is 4.48. The smallest absolute Gasteiger partial charge is 0.140 e. The number of hydrogen-bond donors (Lipinski definition) is 1. The average Bonchev–Trinajstić information content (AvgIpc) is 2.99. The number of rotatable bonds is 3. The molecule has 1 N–H and O–H groups in total. The van der Waals surface area contributed by atoms with Crippen LogP contribution >= 0.6 is 0 Å². The number of fused-ring (bicyclic) bond motifs is 1. The zero-order valence-electron chi connectivity index (χ0n) is 9.54. The maximum atomic E-state index is 9.16. The van der Waals surface area contributed by atoms with Gasteiger partial charge in [0.15, 0.2) is 0 Å². The highest BCUT2D eigenvalue weighted by Gasteiger charge is 2.22. The van der Waals surface area contributed by atoms with Crippen LogP contribution in [0.1, 0.15) is 23.8 Å². The topological polar surface area (TPSA) is 64.1 Å². The van der Waals surface area contributed by atoms with E-state index in [0.29, 0.717) is 12.3 Å². The molecular weight excluding hydrogens is 218 g/mol. The fourth-order valence-corrected chi connectivity index (χ4v) is 2.31. The van der Waals surface area contributed by atoms with E-state index in [1.807, 2.05) is 12.1 Å². The highest BCUT2D eigenvalue weighted by molar-refractivity contribution is 5.09. The molecule has 0 saturated carbocycles. The number of nitrogens with zero attached hydrogens (tertiary/aromatic N) is 3. The van der Waals surface area contributed by atoms with Gasteiger partial charge < -0.3 is 14.1 Å². The molecule has 1 unspecified atom stereocenters. The van der Waals surface area contributed by atoms with Gasteiger partial charge in [0.05, 0.1) is 12.7 Å². The lowest BCUT2D eigenvalue weighted by Crippen LogP contribution is -2.23. The Labute approximate surface area is 99.1 Å². The van der Waals surface area contributed by atoms with Gasteiger partial charge >= 0.3 is 0 Å². The van der Waals surface area contributed by atoms with Crippen LogP contribution in [0.4, 0.5) is 0 Å². The second kappa shape index (κ2) is 4.33. The van der Waals surface area contributed by atoms with Crippen molar-refractivity contribution in [1.82, 2.24) is 14.8 Å². The van der Waals surface area contributed by atoms with Crippen molar-refractivity contribution in [3.05, 3.63) is 35.8 Å². The number of furan rings is 1. The molecule has 0 aromatic carbocycles. The minimum Gasteiger partial charge on any atom is -0.469 e. The van der Waals surface area contributed by atoms with Crippen molar-refractivity contribution >= 4 is 0 Å². The predicted molar refractivity (Wildman–Crippen MR) is 60.4 cm³/mol. The Balaban J connectivity index is 1.82. The Bertz CT molecular complexity index is 490. The van der Waals surface area contributed by atoms with E-state index < -0.39 is 0 Å². The van der Waals surface area contributed by atoms with Crippen LogP contribution in [0, 0.1) is 5.92 Å². The molecule has 2 aromatic rings. The van der Waals surface area contributed by atoms with Crippen molar-refractivity contribution in [3.63, 3.8) is 0 Å². The highest BCUT2D eigenvalue weighted by Crippen LogP contribution is 2.21. The fraction of sp³-hybridized carbons (Fsp3) is 0.500. The first kappa shape index (κ1) is 10.5. The summed E-state index contributed by atoms with van der Waals surface area (Å²) >= 11 is 0. The molecule has 0 fully saturated rings. The van der Waals surface area contributed by atoms with Gasteiger partial charge in [-0.25, -0.2) is 0 Å². The van der Waals surface area contributed by atoms with Crippen molar-refractivity contribution in [1.29, 1.82) is 0 Å². The molecule has 1 aliphatic rings. The summed E-state index contributed by atoms with van der Waals surface area (Å²) in [7, 11) is 0. The normalized spacial score (nSPS) is 19.2. The monoisotopic (exact) mass is 233 g/mol. The lowest BCUT2D eigenvalue weighted by molar-refractivity contribution is 0.198. The Kier molecular flexibility index (Phi) is 2.68. The van der Waals surface area contributed by atoms with E-state index in [9.17, 15) is 0 Å². The van der Waals surface area contributed by atoms with Gasteiger partial charge in [0.2, 0.25) is 0 Å². The lowest BCUT2D eigenvalue weighted by atomic mass is 9.99. The molecule has 0 amide bonds. The SMILES string of the molecule is OCC1CCn2c(Cc3ccco3)nnc2C1. The van der Waals surface area contributed by atoms with Crippen LogP contribution < -0.4 is 0 Å². The van der Waals surface area contributed by atoms with E-state index in [0.717, 1.165) is 36.8 Å². The lowest BCUT2D eigenvalue weighted by Gasteiger charge is -2.21. The quantitative estimate of drug-likeness (QED) is 0.859. The molecule has 3 heterocycles. The van der Waals surface area contributed by atoms with Gasteiger partial charge in [-0.3, -0.25) is 0 Å². The summed E-state index contributed by atoms with van der Waals surface area (Å²) in [6.45, 7) is 1.13. The molecule has 1 atom stereocenters. The minimum atomic E-state index is 0.236. The van der Waals surface area contributed by atoms with Crippen molar-refractivity contribution in [3.8, 4) is 0 Å². The fourth-order valence-electron chi connectivity index (χ4n) is 2.31. The van der Waals surface area contributed by atoms with E-state index in [1.54, 1.807) is 6.26 Å². The Morgan fingerprint density at radius 1 is 1.47 bits per heavy atom. The molecule has 90 valence electrons. The first-order valence-electron chi connectivity index (χ1n) is 5.91. The molecule has 5 nitrogen and oxygen atoms in total. The molecular formula is C12H15N3O2. The maximum absolute atomic E-state index is 9.16. The minimum absolute atomic E-state index is 0.236. The first-order chi connectivity index (χ1) is 8.36. The highest BCUT2D eigenvalue weighted by atomic mass is 16.3. The number of aliphatic hydroxyl groups is 1. The number of hydrogen-bond acceptors (Lipinski definition) is 4. The summed E-state index contributed by atoms with van der Waals surface area (Å²) in [6.07, 6.45) is 4.17. The molecule has 0 aliphatic carbocycles. The Hall–Kier alpha value is -1.62. The molecule has 2 aromatic heterocycles. The largest absolute Gasteiger partial charge is 0.469 e. The van der Waals surface area contributed by atoms with Gasteiger partial charge in [-0.2, -0.15) is 0 Å². The molecule has 3 rings (SSSR count). The van der Waals surface area contributed by atoms with Crippen LogP contribution in [-0.4, -0.2) is 26.5 Å². The van der Waals surface area contributed by atoms with E-state index in [4.69, 9.17) is 9.52 Å². The Morgan fingerprint density at radius 3 is 3.18 bits per heavy atom. The van der Waals surface area contributed by atoms with Gasteiger partial charge in [-0.1, -0.05) is 0 Å². The number of aliphatic hydroxyl groups excluding tert-OH is 1. The summed E-state index contributed by atoms with van der Waals surface area (Å²) in [4.78, 5) is 0. The van der Waals surface area contributed by atoms with Gasteiger partial charge in [-0.05, 0) is 24.5 Å². The molecule has 1 aliphatic heterocycles. The van der Waals surface area contributed by atoms with Crippen LogP contribution in [0.3, 0.4) is 0 Å². The van der Waals surface area contributed by atoms with Crippen molar-refractivity contribution in [2.75, 3.05) is 6.61 Å². The van der Waals surface area contributed by atoms with Gasteiger partial charge in [-0.15, -0.1) is 10.2 Å². The average molecular weight is 233 g/mol. The zero-order chi connectivity index (χ0) is 11.7. The van der Waals surface area contributed by atoms with Crippen molar-refractivity contribution in [2.45, 2.75) is 25.8 Å². The molecule has 0 spiro atoms. The zero-order valence-corrected chi connectivity index (χ0v) is 9.54. The van der Waals surface area contributed by atoms with E-state index in [1.165, 1.54) is 0 Å². The van der Waals surface area contributed by atoms with Crippen LogP contribution in [-0.2, 0) is 19.4 Å². The van der Waals surface area contributed by atoms with Crippen LogP contribution in [0.2, 0.25) is 0 Å². The summed E-state index contributed by atoms with van der Waals surface area (Å²) in [5.74, 6) is 3.18. The molecule has 0 saturated heterocycles. The first-order valence-corrected chi connectivity index (χ1v) is 5.91. The summed E-state index contributed by atoms with van der Waals surface area (Å²) in [6, 6.07) is 3.82. The van der Waals surface area contributed by atoms with E-state index in [2.05, 4.69) is 14.8 Å². The summed E-state index contributed by atoms with van der Waals surface area (Å²) in [5, 5.41) is 17.6. The third kappa shape index (κ3) is 1.98. The predicted octanol–water partition coefficient (Wildman–Crippen LogP) is 1.02. The van der Waals surface area contributed by atoms with Gasteiger partial charge in [0.1, 0.15) is 17.4 Å². The third-order valence-corrected chi connectivity index (χ3v) is 3.31. The summed E-state index contributed by atoms with van der Waals surface area (Å²) < 4.78 is 7.47. The maximum Gasteiger partial charge on any atom is 0.140 e. The van der Waals surface area contributed by atoms with Crippen molar-refractivity contribution in [2.24, 2.45) is 5.92 Å².